The van der Waals surface area contributed by atoms with Crippen molar-refractivity contribution >= 4 is 5.97 Å². The minimum Gasteiger partial charge on any atom is -0.428 e. The summed E-state index contributed by atoms with van der Waals surface area (Å²) in [4.78, 5) is 11.8. The third kappa shape index (κ3) is 4.12. The standard InChI is InChI=1S/C14H15F3O2/c1-3-7-10(4-2)19-13(18)11-8-5-6-9-12(11)14(15,16)17/h5-9H,3-4H2,1-2H3/b10-7+. The van der Waals surface area contributed by atoms with Crippen molar-refractivity contribution in [3.8, 4) is 0 Å². The van der Waals surface area contributed by atoms with Crippen LogP contribution in [0.4, 0.5) is 13.2 Å². The second-order valence-electron chi connectivity index (χ2n) is 3.87. The van der Waals surface area contributed by atoms with Crippen molar-refractivity contribution in [1.29, 1.82) is 0 Å². The van der Waals surface area contributed by atoms with E-state index in [-0.39, 0.29) is 0 Å². The quantitative estimate of drug-likeness (QED) is 0.593. The lowest BCUT2D eigenvalue weighted by Gasteiger charge is -2.12. The van der Waals surface area contributed by atoms with Crippen LogP contribution < -0.4 is 0 Å². The third-order valence-electron chi connectivity index (χ3n) is 2.46. The van der Waals surface area contributed by atoms with E-state index in [9.17, 15) is 18.0 Å². The van der Waals surface area contributed by atoms with Gasteiger partial charge in [-0.3, -0.25) is 0 Å². The van der Waals surface area contributed by atoms with Gasteiger partial charge in [0.25, 0.3) is 0 Å². The van der Waals surface area contributed by atoms with Crippen LogP contribution >= 0.6 is 0 Å². The van der Waals surface area contributed by atoms with E-state index in [2.05, 4.69) is 0 Å². The summed E-state index contributed by atoms with van der Waals surface area (Å²) in [7, 11) is 0. The minimum atomic E-state index is -4.57. The van der Waals surface area contributed by atoms with Crippen molar-refractivity contribution in [2.75, 3.05) is 0 Å². The predicted octanol–water partition coefficient (Wildman–Crippen LogP) is 4.57. The first-order valence-electron chi connectivity index (χ1n) is 5.97. The van der Waals surface area contributed by atoms with Crippen LogP contribution in [0.1, 0.15) is 42.6 Å². The van der Waals surface area contributed by atoms with Crippen LogP contribution in [0, 0.1) is 0 Å². The van der Waals surface area contributed by atoms with E-state index in [4.69, 9.17) is 4.74 Å². The van der Waals surface area contributed by atoms with Gasteiger partial charge in [0.1, 0.15) is 5.76 Å². The number of hydrogen-bond donors (Lipinski definition) is 0. The number of hydrogen-bond acceptors (Lipinski definition) is 2. The molecular formula is C14H15F3O2. The van der Waals surface area contributed by atoms with E-state index >= 15 is 0 Å². The Morgan fingerprint density at radius 1 is 1.26 bits per heavy atom. The number of halogens is 3. The molecule has 0 aliphatic heterocycles. The Hall–Kier alpha value is -1.78. The summed E-state index contributed by atoms with van der Waals surface area (Å²) in [6.45, 7) is 3.62. The van der Waals surface area contributed by atoms with Gasteiger partial charge >= 0.3 is 12.1 Å². The molecule has 1 aromatic rings. The number of carbonyl (C=O) groups excluding carboxylic acids is 1. The molecule has 0 saturated carbocycles. The summed E-state index contributed by atoms with van der Waals surface area (Å²) < 4.78 is 43.2. The van der Waals surface area contributed by atoms with Gasteiger partial charge in [-0.15, -0.1) is 0 Å². The highest BCUT2D eigenvalue weighted by Gasteiger charge is 2.35. The van der Waals surface area contributed by atoms with Crippen molar-refractivity contribution in [1.82, 2.24) is 0 Å². The van der Waals surface area contributed by atoms with Crippen LogP contribution in [-0.4, -0.2) is 5.97 Å². The first-order chi connectivity index (χ1) is 8.90. The Kier molecular flexibility index (Phi) is 5.15. The van der Waals surface area contributed by atoms with E-state index in [1.165, 1.54) is 12.1 Å². The lowest BCUT2D eigenvalue weighted by molar-refractivity contribution is -0.138. The Balaban J connectivity index is 3.04. The fraction of sp³-hybridized carbons (Fsp3) is 0.357. The fourth-order valence-corrected chi connectivity index (χ4v) is 1.57. The molecule has 0 spiro atoms. The highest BCUT2D eigenvalue weighted by atomic mass is 19.4. The normalized spacial score (nSPS) is 12.4. The van der Waals surface area contributed by atoms with Crippen molar-refractivity contribution < 1.29 is 22.7 Å². The largest absolute Gasteiger partial charge is 0.428 e. The highest BCUT2D eigenvalue weighted by Crippen LogP contribution is 2.32. The van der Waals surface area contributed by atoms with Crippen LogP contribution in [0.15, 0.2) is 36.1 Å². The zero-order valence-electron chi connectivity index (χ0n) is 10.8. The Bertz CT molecular complexity index is 476. The van der Waals surface area contributed by atoms with E-state index in [1.54, 1.807) is 13.0 Å². The molecule has 0 N–H and O–H groups in total. The smallest absolute Gasteiger partial charge is 0.417 e. The molecule has 0 fully saturated rings. The van der Waals surface area contributed by atoms with Crippen LogP contribution in [0.25, 0.3) is 0 Å². The van der Waals surface area contributed by atoms with Crippen molar-refractivity contribution in [2.45, 2.75) is 32.9 Å². The average molecular weight is 272 g/mol. The van der Waals surface area contributed by atoms with Gasteiger partial charge in [0.05, 0.1) is 11.1 Å². The first kappa shape index (κ1) is 15.3. The molecule has 0 radical (unpaired) electrons. The Labute approximate surface area is 109 Å². The molecule has 2 nitrogen and oxygen atoms in total. The van der Waals surface area contributed by atoms with Gasteiger partial charge in [-0.2, -0.15) is 13.2 Å². The molecule has 0 heterocycles. The van der Waals surface area contributed by atoms with Gasteiger partial charge in [0, 0.05) is 6.42 Å². The number of alkyl halides is 3. The zero-order chi connectivity index (χ0) is 14.5. The summed E-state index contributed by atoms with van der Waals surface area (Å²) in [5, 5.41) is 0. The second-order valence-corrected chi connectivity index (χ2v) is 3.87. The van der Waals surface area contributed by atoms with E-state index in [0.717, 1.165) is 12.1 Å². The number of allylic oxidation sites excluding steroid dienone is 2. The van der Waals surface area contributed by atoms with Crippen molar-refractivity contribution in [3.05, 3.63) is 47.2 Å². The van der Waals surface area contributed by atoms with Crippen LogP contribution in [-0.2, 0) is 10.9 Å². The molecular weight excluding hydrogens is 257 g/mol. The molecule has 5 heteroatoms. The summed E-state index contributed by atoms with van der Waals surface area (Å²) in [5.74, 6) is -0.598. The van der Waals surface area contributed by atoms with Crippen molar-refractivity contribution in [2.24, 2.45) is 0 Å². The zero-order valence-corrected chi connectivity index (χ0v) is 10.8. The van der Waals surface area contributed by atoms with Gasteiger partial charge in [0.15, 0.2) is 0 Å². The molecule has 0 aromatic heterocycles. The van der Waals surface area contributed by atoms with Crippen molar-refractivity contribution in [3.63, 3.8) is 0 Å². The van der Waals surface area contributed by atoms with E-state index < -0.39 is 23.3 Å². The maximum Gasteiger partial charge on any atom is 0.417 e. The maximum atomic E-state index is 12.8. The molecule has 0 saturated heterocycles. The number of benzene rings is 1. The molecule has 0 amide bonds. The van der Waals surface area contributed by atoms with Gasteiger partial charge in [-0.25, -0.2) is 4.79 Å². The van der Waals surface area contributed by atoms with Gasteiger partial charge in [-0.1, -0.05) is 26.0 Å². The third-order valence-corrected chi connectivity index (χ3v) is 2.46. The number of rotatable bonds is 4. The topological polar surface area (TPSA) is 26.3 Å². The second kappa shape index (κ2) is 6.41. The Morgan fingerprint density at radius 2 is 1.89 bits per heavy atom. The number of carbonyl (C=O) groups is 1. The monoisotopic (exact) mass is 272 g/mol. The minimum absolute atomic E-state index is 0.379. The van der Waals surface area contributed by atoms with E-state index in [1.807, 2.05) is 6.92 Å². The lowest BCUT2D eigenvalue weighted by Crippen LogP contribution is -2.14. The first-order valence-corrected chi connectivity index (χ1v) is 5.97. The SMILES string of the molecule is CC/C=C(\CC)OC(=O)c1ccccc1C(F)(F)F. The van der Waals surface area contributed by atoms with Crippen LogP contribution in [0.5, 0.6) is 0 Å². The molecule has 19 heavy (non-hydrogen) atoms. The Morgan fingerprint density at radius 3 is 2.42 bits per heavy atom. The number of ether oxygens (including phenoxy) is 1. The van der Waals surface area contributed by atoms with Gasteiger partial charge < -0.3 is 4.74 Å². The average Bonchev–Trinajstić information content (AvgIpc) is 2.37. The molecule has 0 aliphatic rings. The molecule has 1 aromatic carbocycles. The molecule has 0 aliphatic carbocycles. The molecule has 1 rings (SSSR count). The van der Waals surface area contributed by atoms with Crippen LogP contribution in [0.3, 0.4) is 0 Å². The highest BCUT2D eigenvalue weighted by molar-refractivity contribution is 5.92. The van der Waals surface area contributed by atoms with Gasteiger partial charge in [-0.05, 0) is 24.6 Å². The maximum absolute atomic E-state index is 12.8. The van der Waals surface area contributed by atoms with Crippen LogP contribution in [0.2, 0.25) is 0 Å². The summed E-state index contributed by atoms with van der Waals surface area (Å²) >= 11 is 0. The predicted molar refractivity (Wildman–Crippen MR) is 65.5 cm³/mol. The summed E-state index contributed by atoms with van der Waals surface area (Å²) in [5.41, 5.74) is -1.45. The van der Waals surface area contributed by atoms with Gasteiger partial charge in [0.2, 0.25) is 0 Å². The molecule has 0 bridgehead atoms. The van der Waals surface area contributed by atoms with E-state index in [0.29, 0.717) is 18.6 Å². The summed E-state index contributed by atoms with van der Waals surface area (Å²) in [6, 6.07) is 4.60. The molecule has 0 atom stereocenters. The number of esters is 1. The summed E-state index contributed by atoms with van der Waals surface area (Å²) in [6.07, 6.45) is -1.80. The molecule has 0 unspecified atom stereocenters. The molecule has 104 valence electrons. The lowest BCUT2D eigenvalue weighted by atomic mass is 10.1. The fourth-order valence-electron chi connectivity index (χ4n) is 1.57.